The quantitative estimate of drug-likeness (QED) is 0.586. The summed E-state index contributed by atoms with van der Waals surface area (Å²) in [7, 11) is -0.468. The standard InChI is InChI=1S/C16H17OP/c1-2-17-13-14-18(15-9-5-3-6-10-15)16-11-7-4-8-12-16/h3-14H,2H2,1H3/b14-13+. The Balaban J connectivity index is 2.29. The van der Waals surface area contributed by atoms with E-state index in [4.69, 9.17) is 4.74 Å². The van der Waals surface area contributed by atoms with Crippen molar-refractivity contribution in [1.82, 2.24) is 0 Å². The Morgan fingerprint density at radius 1 is 0.889 bits per heavy atom. The van der Waals surface area contributed by atoms with E-state index in [-0.39, 0.29) is 0 Å². The van der Waals surface area contributed by atoms with E-state index in [9.17, 15) is 0 Å². The highest BCUT2D eigenvalue weighted by atomic mass is 31.1. The molecule has 0 fully saturated rings. The molecule has 0 aliphatic heterocycles. The molecule has 2 rings (SSSR count). The highest BCUT2D eigenvalue weighted by Gasteiger charge is 2.09. The lowest BCUT2D eigenvalue weighted by atomic mass is 10.4. The van der Waals surface area contributed by atoms with E-state index in [0.29, 0.717) is 6.61 Å². The smallest absolute Gasteiger partial charge is 0.0845 e. The van der Waals surface area contributed by atoms with Crippen LogP contribution in [0.15, 0.2) is 72.7 Å². The van der Waals surface area contributed by atoms with Crippen molar-refractivity contribution >= 4 is 18.5 Å². The van der Waals surface area contributed by atoms with Crippen molar-refractivity contribution < 1.29 is 4.74 Å². The molecule has 1 nitrogen and oxygen atoms in total. The molecule has 0 aliphatic rings. The monoisotopic (exact) mass is 256 g/mol. The van der Waals surface area contributed by atoms with E-state index in [1.165, 1.54) is 10.6 Å². The van der Waals surface area contributed by atoms with Crippen molar-refractivity contribution in [2.75, 3.05) is 6.61 Å². The van der Waals surface area contributed by atoms with Crippen LogP contribution in [0.3, 0.4) is 0 Å². The van der Waals surface area contributed by atoms with Crippen molar-refractivity contribution in [3.05, 3.63) is 72.7 Å². The first-order valence-electron chi connectivity index (χ1n) is 6.09. The Morgan fingerprint density at radius 3 is 1.83 bits per heavy atom. The van der Waals surface area contributed by atoms with Crippen LogP contribution in [0.2, 0.25) is 0 Å². The molecule has 0 amide bonds. The summed E-state index contributed by atoms with van der Waals surface area (Å²) < 4.78 is 5.34. The van der Waals surface area contributed by atoms with Crippen molar-refractivity contribution in [3.63, 3.8) is 0 Å². The summed E-state index contributed by atoms with van der Waals surface area (Å²) in [5.74, 6) is 2.17. The van der Waals surface area contributed by atoms with Crippen LogP contribution in [0.25, 0.3) is 0 Å². The Kier molecular flexibility index (Phi) is 4.99. The zero-order chi connectivity index (χ0) is 12.6. The van der Waals surface area contributed by atoms with Crippen molar-refractivity contribution in [2.45, 2.75) is 6.92 Å². The average molecular weight is 256 g/mol. The van der Waals surface area contributed by atoms with E-state index in [1.54, 1.807) is 0 Å². The molecule has 0 saturated carbocycles. The number of rotatable bonds is 5. The molecular weight excluding hydrogens is 239 g/mol. The highest BCUT2D eigenvalue weighted by molar-refractivity contribution is 7.75. The molecule has 18 heavy (non-hydrogen) atoms. The van der Waals surface area contributed by atoms with Gasteiger partial charge in [-0.05, 0) is 31.3 Å². The van der Waals surface area contributed by atoms with Gasteiger partial charge in [0.15, 0.2) is 0 Å². The maximum atomic E-state index is 5.34. The van der Waals surface area contributed by atoms with Gasteiger partial charge in [-0.3, -0.25) is 0 Å². The third-order valence-electron chi connectivity index (χ3n) is 2.54. The Labute approximate surface area is 110 Å². The molecule has 0 N–H and O–H groups in total. The molecule has 0 unspecified atom stereocenters. The fourth-order valence-electron chi connectivity index (χ4n) is 1.70. The highest BCUT2D eigenvalue weighted by Crippen LogP contribution is 2.34. The first kappa shape index (κ1) is 12.9. The van der Waals surface area contributed by atoms with E-state index in [1.807, 2.05) is 25.3 Å². The summed E-state index contributed by atoms with van der Waals surface area (Å²) in [6, 6.07) is 21.1. The lowest BCUT2D eigenvalue weighted by molar-refractivity contribution is 0.270. The molecule has 0 heterocycles. The summed E-state index contributed by atoms with van der Waals surface area (Å²) in [6.45, 7) is 2.71. The van der Waals surface area contributed by atoms with Gasteiger partial charge in [0, 0.05) is 0 Å². The van der Waals surface area contributed by atoms with E-state index >= 15 is 0 Å². The topological polar surface area (TPSA) is 9.23 Å². The largest absolute Gasteiger partial charge is 0.501 e. The second-order valence-electron chi connectivity index (χ2n) is 3.78. The van der Waals surface area contributed by atoms with Gasteiger partial charge in [0.1, 0.15) is 0 Å². The van der Waals surface area contributed by atoms with Gasteiger partial charge < -0.3 is 4.74 Å². The minimum atomic E-state index is -0.468. The van der Waals surface area contributed by atoms with E-state index in [2.05, 4.69) is 54.3 Å². The van der Waals surface area contributed by atoms with E-state index < -0.39 is 7.92 Å². The summed E-state index contributed by atoms with van der Waals surface area (Å²) in [5.41, 5.74) is 0. The maximum Gasteiger partial charge on any atom is 0.0845 e. The summed E-state index contributed by atoms with van der Waals surface area (Å²) >= 11 is 0. The number of hydrogen-bond acceptors (Lipinski definition) is 1. The molecule has 2 aromatic carbocycles. The van der Waals surface area contributed by atoms with Crippen LogP contribution in [0.1, 0.15) is 6.92 Å². The first-order chi connectivity index (χ1) is 8.92. The maximum absolute atomic E-state index is 5.34. The van der Waals surface area contributed by atoms with Crippen LogP contribution in [-0.4, -0.2) is 6.61 Å². The average Bonchev–Trinajstić information content (AvgIpc) is 2.46. The van der Waals surface area contributed by atoms with Gasteiger partial charge in [-0.25, -0.2) is 0 Å². The number of ether oxygens (including phenoxy) is 1. The fraction of sp³-hybridized carbons (Fsp3) is 0.125. The summed E-state index contributed by atoms with van der Waals surface area (Å²) in [6.07, 6.45) is 1.83. The minimum absolute atomic E-state index is 0.468. The molecule has 0 bridgehead atoms. The van der Waals surface area contributed by atoms with Crippen LogP contribution in [0.5, 0.6) is 0 Å². The molecule has 0 saturated heterocycles. The molecule has 2 heteroatoms. The predicted molar refractivity (Wildman–Crippen MR) is 79.8 cm³/mol. The van der Waals surface area contributed by atoms with Crippen molar-refractivity contribution in [3.8, 4) is 0 Å². The second kappa shape index (κ2) is 6.98. The third-order valence-corrected chi connectivity index (χ3v) is 4.67. The molecule has 0 radical (unpaired) electrons. The lowest BCUT2D eigenvalue weighted by Crippen LogP contribution is -2.09. The molecular formula is C16H17OP. The van der Waals surface area contributed by atoms with Gasteiger partial charge in [-0.2, -0.15) is 0 Å². The van der Waals surface area contributed by atoms with Gasteiger partial charge in [0.25, 0.3) is 0 Å². The zero-order valence-electron chi connectivity index (χ0n) is 10.5. The van der Waals surface area contributed by atoms with Crippen LogP contribution >= 0.6 is 7.92 Å². The molecule has 0 aliphatic carbocycles. The van der Waals surface area contributed by atoms with Gasteiger partial charge >= 0.3 is 0 Å². The summed E-state index contributed by atoms with van der Waals surface area (Å²) in [5, 5.41) is 2.68. The molecule has 0 aromatic heterocycles. The second-order valence-corrected chi connectivity index (χ2v) is 5.85. The molecule has 0 spiro atoms. The fourth-order valence-corrected chi connectivity index (χ4v) is 3.54. The van der Waals surface area contributed by atoms with Gasteiger partial charge in [0.2, 0.25) is 0 Å². The molecule has 92 valence electrons. The summed E-state index contributed by atoms with van der Waals surface area (Å²) in [4.78, 5) is 0. The van der Waals surface area contributed by atoms with Crippen molar-refractivity contribution in [1.29, 1.82) is 0 Å². The van der Waals surface area contributed by atoms with Crippen molar-refractivity contribution in [2.24, 2.45) is 0 Å². The number of benzene rings is 2. The third kappa shape index (κ3) is 3.45. The van der Waals surface area contributed by atoms with Crippen LogP contribution in [-0.2, 0) is 4.74 Å². The van der Waals surface area contributed by atoms with Gasteiger partial charge in [-0.15, -0.1) is 0 Å². The zero-order valence-corrected chi connectivity index (χ0v) is 11.4. The predicted octanol–water partition coefficient (Wildman–Crippen LogP) is 3.63. The van der Waals surface area contributed by atoms with Gasteiger partial charge in [-0.1, -0.05) is 60.7 Å². The molecule has 0 atom stereocenters. The van der Waals surface area contributed by atoms with Crippen LogP contribution < -0.4 is 10.6 Å². The minimum Gasteiger partial charge on any atom is -0.501 e. The van der Waals surface area contributed by atoms with Gasteiger partial charge in [0.05, 0.1) is 12.9 Å². The Morgan fingerprint density at radius 2 is 1.39 bits per heavy atom. The first-order valence-corrected chi connectivity index (χ1v) is 7.50. The van der Waals surface area contributed by atoms with Crippen LogP contribution in [0.4, 0.5) is 0 Å². The SMILES string of the molecule is CCO/C=C/P(c1ccccc1)c1ccccc1. The lowest BCUT2D eigenvalue weighted by Gasteiger charge is -2.14. The molecule has 2 aromatic rings. The number of hydrogen-bond donors (Lipinski definition) is 0. The van der Waals surface area contributed by atoms with Crippen LogP contribution in [0, 0.1) is 0 Å². The Bertz CT molecular complexity index is 439. The normalized spacial score (nSPS) is 11.0. The van der Waals surface area contributed by atoms with E-state index in [0.717, 1.165) is 0 Å². The Hall–Kier alpha value is -1.59.